The molecule has 1 aromatic carbocycles. The quantitative estimate of drug-likeness (QED) is 0.332. The number of hydrogen-bond donors (Lipinski definition) is 2. The number of fused-ring (bicyclic) bond motifs is 2. The second-order valence-electron chi connectivity index (χ2n) is 10.6. The van der Waals surface area contributed by atoms with Crippen molar-refractivity contribution in [3.8, 4) is 17.1 Å². The first-order valence-corrected chi connectivity index (χ1v) is 13.5. The molecule has 1 saturated heterocycles. The van der Waals surface area contributed by atoms with E-state index in [0.717, 1.165) is 53.3 Å². The van der Waals surface area contributed by atoms with E-state index in [-0.39, 0.29) is 25.3 Å². The van der Waals surface area contributed by atoms with E-state index in [1.165, 1.54) is 23.3 Å². The van der Waals surface area contributed by atoms with Crippen LogP contribution in [0, 0.1) is 0 Å². The molecule has 0 spiro atoms. The summed E-state index contributed by atoms with van der Waals surface area (Å²) in [4.78, 5) is 49.8. The number of primary amides is 1. The van der Waals surface area contributed by atoms with Gasteiger partial charge in [-0.05, 0) is 67.7 Å². The fourth-order valence-electron chi connectivity index (χ4n) is 5.81. The Balaban J connectivity index is 1.39. The summed E-state index contributed by atoms with van der Waals surface area (Å²) in [6.45, 7) is 3.14. The molecule has 1 fully saturated rings. The van der Waals surface area contributed by atoms with Crippen molar-refractivity contribution in [1.29, 1.82) is 0 Å². The van der Waals surface area contributed by atoms with Gasteiger partial charge in [0.25, 0.3) is 5.91 Å². The molecule has 11 nitrogen and oxygen atoms in total. The third-order valence-electron chi connectivity index (χ3n) is 7.84. The number of imidazole rings is 1. The summed E-state index contributed by atoms with van der Waals surface area (Å²) in [5, 5.41) is 10.2. The van der Waals surface area contributed by atoms with Crippen LogP contribution in [0.4, 0.5) is 0 Å². The number of aromatic nitrogens is 4. The van der Waals surface area contributed by atoms with Crippen LogP contribution in [-0.2, 0) is 29.7 Å². The lowest BCUT2D eigenvalue weighted by Crippen LogP contribution is -2.45. The number of aryl methyl sites for hydroxylation is 1. The molecule has 2 aliphatic rings. The molecule has 1 atom stereocenters. The zero-order valence-electron chi connectivity index (χ0n) is 22.3. The minimum atomic E-state index is -1.04. The third kappa shape index (κ3) is 4.73. The van der Waals surface area contributed by atoms with Crippen LogP contribution in [0.15, 0.2) is 49.1 Å². The SMILES string of the molecule is Cn1cnc(-n2ccc3c(CN4CCCC4)cc(-c4ccc5c(c4)CN([C@H](CCC(=O)O)C(N)=O)C5=O)nc32)c1. The minimum Gasteiger partial charge on any atom is -0.481 e. The van der Waals surface area contributed by atoms with Crippen molar-refractivity contribution in [2.24, 2.45) is 12.8 Å². The van der Waals surface area contributed by atoms with E-state index >= 15 is 0 Å². The van der Waals surface area contributed by atoms with Gasteiger partial charge in [0.05, 0.1) is 12.0 Å². The Morgan fingerprint density at radius 2 is 1.95 bits per heavy atom. The van der Waals surface area contributed by atoms with Crippen LogP contribution in [0.1, 0.15) is 47.2 Å². The Kier molecular flexibility index (Phi) is 6.59. The third-order valence-corrected chi connectivity index (χ3v) is 7.84. The second kappa shape index (κ2) is 10.2. The molecule has 0 bridgehead atoms. The van der Waals surface area contributed by atoms with Gasteiger partial charge >= 0.3 is 5.97 Å². The van der Waals surface area contributed by atoms with Crippen molar-refractivity contribution in [3.63, 3.8) is 0 Å². The molecule has 0 radical (unpaired) electrons. The number of likely N-dealkylation sites (tertiary alicyclic amines) is 1. The molecule has 11 heteroatoms. The lowest BCUT2D eigenvalue weighted by molar-refractivity contribution is -0.137. The highest BCUT2D eigenvalue weighted by Gasteiger charge is 2.36. The van der Waals surface area contributed by atoms with Gasteiger partial charge in [-0.1, -0.05) is 6.07 Å². The molecule has 3 N–H and O–H groups in total. The zero-order chi connectivity index (χ0) is 28.0. The topological polar surface area (TPSA) is 140 Å². The number of amides is 2. The van der Waals surface area contributed by atoms with Gasteiger partial charge in [-0.15, -0.1) is 0 Å². The molecule has 206 valence electrons. The Hall–Kier alpha value is -4.51. The van der Waals surface area contributed by atoms with E-state index in [1.807, 2.05) is 40.7 Å². The number of rotatable bonds is 9. The van der Waals surface area contributed by atoms with Crippen molar-refractivity contribution < 1.29 is 19.5 Å². The summed E-state index contributed by atoms with van der Waals surface area (Å²) in [7, 11) is 1.93. The number of hydrogen-bond acceptors (Lipinski definition) is 6. The van der Waals surface area contributed by atoms with Crippen molar-refractivity contribution in [3.05, 3.63) is 65.7 Å². The molecule has 2 amide bonds. The van der Waals surface area contributed by atoms with Crippen molar-refractivity contribution in [2.45, 2.75) is 44.8 Å². The predicted octanol–water partition coefficient (Wildman–Crippen LogP) is 2.70. The van der Waals surface area contributed by atoms with Crippen molar-refractivity contribution in [1.82, 2.24) is 28.9 Å². The summed E-state index contributed by atoms with van der Waals surface area (Å²) in [5.74, 6) is -1.29. The monoisotopic (exact) mass is 541 g/mol. The van der Waals surface area contributed by atoms with Crippen LogP contribution in [0.3, 0.4) is 0 Å². The molecule has 3 aromatic heterocycles. The maximum Gasteiger partial charge on any atom is 0.303 e. The number of carboxylic acids is 1. The zero-order valence-corrected chi connectivity index (χ0v) is 22.3. The fraction of sp³-hybridized carbons (Fsp3) is 0.345. The summed E-state index contributed by atoms with van der Waals surface area (Å²) < 4.78 is 3.89. The molecule has 40 heavy (non-hydrogen) atoms. The van der Waals surface area contributed by atoms with Crippen LogP contribution >= 0.6 is 0 Å². The lowest BCUT2D eigenvalue weighted by Gasteiger charge is -2.24. The average Bonchev–Trinajstić information content (AvgIpc) is 3.72. The summed E-state index contributed by atoms with van der Waals surface area (Å²) in [6.07, 6.45) is 7.82. The highest BCUT2D eigenvalue weighted by atomic mass is 16.4. The maximum absolute atomic E-state index is 13.2. The van der Waals surface area contributed by atoms with E-state index in [1.54, 1.807) is 12.4 Å². The standard InChI is InChI=1S/C29H31N7O4/c1-33-16-25(31-17-33)35-11-8-21-20(14-34-9-2-3-10-34)13-23(32-28(21)35)18-4-5-22-19(12-18)15-36(29(22)40)24(27(30)39)6-7-26(37)38/h4-5,8,11-13,16-17,24H,2-3,6-7,9-10,14-15H2,1H3,(H2,30,39)(H,37,38)/t24-/m1/s1. The van der Waals surface area contributed by atoms with Crippen LogP contribution in [0.2, 0.25) is 0 Å². The van der Waals surface area contributed by atoms with Crippen LogP contribution in [0.5, 0.6) is 0 Å². The Morgan fingerprint density at radius 1 is 1.15 bits per heavy atom. The van der Waals surface area contributed by atoms with E-state index in [9.17, 15) is 14.4 Å². The van der Waals surface area contributed by atoms with Gasteiger partial charge in [0.2, 0.25) is 5.91 Å². The Bertz CT molecular complexity index is 1630. The second-order valence-corrected chi connectivity index (χ2v) is 10.6. The smallest absolute Gasteiger partial charge is 0.303 e. The van der Waals surface area contributed by atoms with Crippen molar-refractivity contribution >= 4 is 28.8 Å². The first-order valence-electron chi connectivity index (χ1n) is 13.5. The number of carbonyl (C=O) groups is 3. The number of aliphatic carboxylic acids is 1. The van der Waals surface area contributed by atoms with Crippen LogP contribution < -0.4 is 5.73 Å². The maximum atomic E-state index is 13.2. The largest absolute Gasteiger partial charge is 0.481 e. The fourth-order valence-corrected chi connectivity index (χ4v) is 5.81. The summed E-state index contributed by atoms with van der Waals surface area (Å²) in [6, 6.07) is 8.79. The summed E-state index contributed by atoms with van der Waals surface area (Å²) >= 11 is 0. The van der Waals surface area contributed by atoms with Gasteiger partial charge < -0.3 is 20.3 Å². The molecule has 5 heterocycles. The molecular formula is C29H31N7O4. The van der Waals surface area contributed by atoms with E-state index < -0.39 is 17.9 Å². The molecule has 6 rings (SSSR count). The number of benzene rings is 1. The number of nitrogens with two attached hydrogens (primary N) is 1. The summed E-state index contributed by atoms with van der Waals surface area (Å²) in [5.41, 5.74) is 10.4. The predicted molar refractivity (Wildman–Crippen MR) is 148 cm³/mol. The van der Waals surface area contributed by atoms with Crippen LogP contribution in [-0.4, -0.2) is 70.9 Å². The number of carboxylic acid groups (broad SMARTS) is 1. The van der Waals surface area contributed by atoms with E-state index in [0.29, 0.717) is 5.56 Å². The van der Waals surface area contributed by atoms with Gasteiger partial charge in [-0.2, -0.15) is 0 Å². The average molecular weight is 542 g/mol. The highest BCUT2D eigenvalue weighted by molar-refractivity contribution is 6.01. The first-order chi connectivity index (χ1) is 19.3. The molecule has 0 aliphatic carbocycles. The highest BCUT2D eigenvalue weighted by Crippen LogP contribution is 2.33. The van der Waals surface area contributed by atoms with Gasteiger partial charge in [0, 0.05) is 55.5 Å². The van der Waals surface area contributed by atoms with Crippen LogP contribution in [0.25, 0.3) is 28.1 Å². The molecule has 0 unspecified atom stereocenters. The Labute approximate surface area is 230 Å². The first kappa shape index (κ1) is 25.8. The van der Waals surface area contributed by atoms with E-state index in [4.69, 9.17) is 15.8 Å². The number of carbonyl (C=O) groups excluding carboxylic acids is 2. The molecule has 0 saturated carbocycles. The van der Waals surface area contributed by atoms with Gasteiger partial charge in [-0.3, -0.25) is 23.9 Å². The molecule has 4 aromatic rings. The van der Waals surface area contributed by atoms with Crippen molar-refractivity contribution in [2.75, 3.05) is 13.1 Å². The molecule has 2 aliphatic heterocycles. The van der Waals surface area contributed by atoms with Gasteiger partial charge in [0.15, 0.2) is 5.82 Å². The van der Waals surface area contributed by atoms with Gasteiger partial charge in [0.1, 0.15) is 11.7 Å². The normalized spacial score (nSPS) is 16.1. The molecular weight excluding hydrogens is 510 g/mol. The number of nitrogens with zero attached hydrogens (tertiary/aromatic N) is 6. The lowest BCUT2D eigenvalue weighted by atomic mass is 10.0. The van der Waals surface area contributed by atoms with Gasteiger partial charge in [-0.25, -0.2) is 9.97 Å². The number of pyridine rings is 1. The Morgan fingerprint density at radius 3 is 2.65 bits per heavy atom. The minimum absolute atomic E-state index is 0.0279. The van der Waals surface area contributed by atoms with E-state index in [2.05, 4.69) is 22.0 Å².